The summed E-state index contributed by atoms with van der Waals surface area (Å²) in [6, 6.07) is -0.716. The van der Waals surface area contributed by atoms with Gasteiger partial charge in [-0.1, -0.05) is 6.42 Å². The van der Waals surface area contributed by atoms with Gasteiger partial charge < -0.3 is 45.9 Å². The molecule has 1 unspecified atom stereocenters. The predicted octanol–water partition coefficient (Wildman–Crippen LogP) is -3.97. The molecule has 0 saturated carbocycles. The Bertz CT molecular complexity index is 308. The fraction of sp³-hybridized carbons (Fsp3) is 0.833. The summed E-state index contributed by atoms with van der Waals surface area (Å²) in [4.78, 5) is 56.0. The standard InChI is InChI=1S/C6H14N2O2.Mg.2H3O4P/c7-4-2-1-3-5(8)6(9)10;;2*1-5(2,3)4/h5H,1-4,7-8H2,(H,9,10);;2*(H3,1,2,3,4)/q;+2;;/p-2. The fourth-order valence-corrected chi connectivity index (χ4v) is 0.632. The first-order chi connectivity index (χ1) is 8.68. The molecule has 0 fully saturated rings. The molecule has 21 heavy (non-hydrogen) atoms. The molecule has 15 heteroatoms. The number of phosphoric acid groups is 2. The van der Waals surface area contributed by atoms with Crippen molar-refractivity contribution in [3.63, 3.8) is 0 Å². The Balaban J connectivity index is -0.000000112. The van der Waals surface area contributed by atoms with E-state index < -0.39 is 27.7 Å². The number of carbonyl (C=O) groups is 1. The average molecular weight is 364 g/mol. The minimum absolute atomic E-state index is 0. The zero-order valence-corrected chi connectivity index (χ0v) is 14.1. The second-order valence-corrected chi connectivity index (χ2v) is 5.17. The summed E-state index contributed by atoms with van der Waals surface area (Å²) in [7, 11) is -9.78. The summed E-state index contributed by atoms with van der Waals surface area (Å²) in [5, 5.41) is 8.33. The van der Waals surface area contributed by atoms with Gasteiger partial charge in [0.15, 0.2) is 0 Å². The molecule has 0 spiro atoms. The first kappa shape index (κ1) is 29.4. The van der Waals surface area contributed by atoms with E-state index in [9.17, 15) is 4.79 Å². The van der Waals surface area contributed by atoms with Gasteiger partial charge in [0.1, 0.15) is 6.04 Å². The van der Waals surface area contributed by atoms with E-state index in [4.69, 9.17) is 55.1 Å². The van der Waals surface area contributed by atoms with Crippen LogP contribution < -0.4 is 21.3 Å². The monoisotopic (exact) mass is 364 g/mol. The van der Waals surface area contributed by atoms with Gasteiger partial charge in [0.05, 0.1) is 0 Å². The minimum atomic E-state index is -4.89. The molecular formula is C6H18MgN2O10P2. The Kier molecular flexibility index (Phi) is 21.4. The van der Waals surface area contributed by atoms with Gasteiger partial charge in [-0.3, -0.25) is 13.9 Å². The van der Waals surface area contributed by atoms with Gasteiger partial charge in [-0.25, -0.2) is 0 Å². The molecule has 0 aromatic rings. The van der Waals surface area contributed by atoms with Crippen molar-refractivity contribution in [1.29, 1.82) is 0 Å². The van der Waals surface area contributed by atoms with Gasteiger partial charge in [0.2, 0.25) is 0 Å². The van der Waals surface area contributed by atoms with Crippen LogP contribution in [-0.2, 0) is 13.9 Å². The van der Waals surface area contributed by atoms with E-state index in [-0.39, 0.29) is 23.1 Å². The van der Waals surface area contributed by atoms with E-state index in [1.54, 1.807) is 0 Å². The Hall–Kier alpha value is 0.376. The summed E-state index contributed by atoms with van der Waals surface area (Å²) >= 11 is 0. The normalized spacial score (nSPS) is 11.8. The Morgan fingerprint density at radius 1 is 1.05 bits per heavy atom. The van der Waals surface area contributed by atoms with Gasteiger partial charge in [-0.05, 0) is 19.4 Å². The second kappa shape index (κ2) is 15.3. The van der Waals surface area contributed by atoms with Crippen LogP contribution in [0.5, 0.6) is 0 Å². The van der Waals surface area contributed by atoms with E-state index >= 15 is 0 Å². The molecule has 0 aromatic heterocycles. The van der Waals surface area contributed by atoms with E-state index in [0.717, 1.165) is 12.8 Å². The number of aliphatic carboxylic acids is 1. The molecule has 124 valence electrons. The molecule has 0 saturated heterocycles. The fourth-order valence-electron chi connectivity index (χ4n) is 0.632. The van der Waals surface area contributed by atoms with Crippen LogP contribution in [0, 0.1) is 0 Å². The third kappa shape index (κ3) is 78.3. The van der Waals surface area contributed by atoms with Gasteiger partial charge >= 0.3 is 29.0 Å². The van der Waals surface area contributed by atoms with E-state index in [1.165, 1.54) is 0 Å². The maximum atomic E-state index is 10.1. The van der Waals surface area contributed by atoms with Gasteiger partial charge in [0.25, 0.3) is 15.6 Å². The number of unbranched alkanes of at least 4 members (excludes halogenated alkanes) is 1. The zero-order valence-electron chi connectivity index (χ0n) is 10.9. The van der Waals surface area contributed by atoms with Gasteiger partial charge in [-0.15, -0.1) is 0 Å². The quantitative estimate of drug-likeness (QED) is 0.140. The third-order valence-electron chi connectivity index (χ3n) is 1.29. The summed E-state index contributed by atoms with van der Waals surface area (Å²) in [5.74, 6) is -0.933. The van der Waals surface area contributed by atoms with Crippen LogP contribution in [0.3, 0.4) is 0 Å². The molecule has 0 aliphatic carbocycles. The van der Waals surface area contributed by atoms with Crippen LogP contribution in [0.1, 0.15) is 19.3 Å². The maximum Gasteiger partial charge on any atom is 2.00 e. The van der Waals surface area contributed by atoms with Crippen molar-refractivity contribution in [2.45, 2.75) is 25.3 Å². The van der Waals surface area contributed by atoms with Crippen molar-refractivity contribution >= 4 is 44.7 Å². The van der Waals surface area contributed by atoms with E-state index in [0.29, 0.717) is 13.0 Å². The molecule has 0 radical (unpaired) electrons. The number of rotatable bonds is 5. The molecular weight excluding hydrogens is 346 g/mol. The van der Waals surface area contributed by atoms with Crippen LogP contribution in [0.2, 0.25) is 0 Å². The Morgan fingerprint density at radius 2 is 1.33 bits per heavy atom. The first-order valence-corrected chi connectivity index (χ1v) is 7.96. The molecule has 0 amide bonds. The third-order valence-corrected chi connectivity index (χ3v) is 1.29. The molecule has 0 bridgehead atoms. The molecule has 0 aliphatic heterocycles. The zero-order chi connectivity index (χ0) is 17.0. The number of nitrogens with two attached hydrogens (primary N) is 2. The summed E-state index contributed by atoms with van der Waals surface area (Å²) in [6.45, 7) is 0.604. The molecule has 1 atom stereocenters. The summed E-state index contributed by atoms with van der Waals surface area (Å²) in [6.07, 6.45) is 2.16. The maximum absolute atomic E-state index is 10.1. The van der Waals surface area contributed by atoms with Crippen molar-refractivity contribution in [2.75, 3.05) is 6.54 Å². The summed E-state index contributed by atoms with van der Waals surface area (Å²) < 4.78 is 17.5. The average Bonchev–Trinajstić information content (AvgIpc) is 2.12. The molecule has 0 rings (SSSR count). The van der Waals surface area contributed by atoms with E-state index in [2.05, 4.69) is 0 Å². The van der Waals surface area contributed by atoms with Crippen LogP contribution in [-0.4, -0.2) is 66.3 Å². The van der Waals surface area contributed by atoms with Gasteiger partial charge in [-0.2, -0.15) is 0 Å². The smallest absolute Gasteiger partial charge is 0.756 e. The van der Waals surface area contributed by atoms with Crippen LogP contribution in [0.15, 0.2) is 0 Å². The van der Waals surface area contributed by atoms with Crippen molar-refractivity contribution in [3.05, 3.63) is 0 Å². The second-order valence-electron chi connectivity index (χ2n) is 3.21. The van der Waals surface area contributed by atoms with Crippen molar-refractivity contribution in [2.24, 2.45) is 11.5 Å². The SMILES string of the molecule is NCCCCC(N)C(=O)O.O=P([O-])(O)O.O=P([O-])(O)O.[Mg+2]. The number of hydrogen-bond donors (Lipinski definition) is 7. The van der Waals surface area contributed by atoms with Crippen LogP contribution in [0.25, 0.3) is 0 Å². The number of hydrogen-bond acceptors (Lipinski definition) is 7. The minimum Gasteiger partial charge on any atom is -0.756 e. The molecule has 12 nitrogen and oxygen atoms in total. The summed E-state index contributed by atoms with van der Waals surface area (Å²) in [5.41, 5.74) is 10.4. The largest absolute Gasteiger partial charge is 2.00 e. The van der Waals surface area contributed by atoms with Crippen LogP contribution >= 0.6 is 15.6 Å². The van der Waals surface area contributed by atoms with Crippen molar-refractivity contribution in [1.82, 2.24) is 0 Å². The van der Waals surface area contributed by atoms with E-state index in [1.807, 2.05) is 0 Å². The van der Waals surface area contributed by atoms with Crippen LogP contribution in [0.4, 0.5) is 0 Å². The predicted molar refractivity (Wildman–Crippen MR) is 68.4 cm³/mol. The molecule has 0 heterocycles. The Labute approximate surface area is 136 Å². The molecule has 9 N–H and O–H groups in total. The Morgan fingerprint density at radius 3 is 1.52 bits per heavy atom. The number of carboxylic acid groups (broad SMARTS) is 1. The van der Waals surface area contributed by atoms with Crippen molar-refractivity contribution in [3.8, 4) is 0 Å². The molecule has 0 aliphatic rings. The molecule has 0 aromatic carbocycles. The van der Waals surface area contributed by atoms with Gasteiger partial charge in [0, 0.05) is 0 Å². The van der Waals surface area contributed by atoms with Crippen molar-refractivity contribution < 1.29 is 48.4 Å². The topological polar surface area (TPSA) is 251 Å². The first-order valence-electron chi connectivity index (χ1n) is 4.90. The number of carboxylic acids is 1.